The molecule has 5 heteroatoms. The minimum Gasteiger partial charge on any atom is -0.289 e. The van der Waals surface area contributed by atoms with Gasteiger partial charge in [0, 0.05) is 11.3 Å². The fourth-order valence-electron chi connectivity index (χ4n) is 2.71. The number of nitrogens with one attached hydrogen (secondary N) is 2. The summed E-state index contributed by atoms with van der Waals surface area (Å²) in [6.45, 7) is 6.81. The second-order valence-electron chi connectivity index (χ2n) is 5.78. The Balaban J connectivity index is 2.27. The zero-order valence-electron chi connectivity index (χ0n) is 11.3. The molecule has 0 spiro atoms. The van der Waals surface area contributed by atoms with E-state index in [4.69, 9.17) is 5.84 Å². The van der Waals surface area contributed by atoms with Crippen molar-refractivity contribution in [1.82, 2.24) is 15.6 Å². The number of aromatic nitrogens is 2. The first-order valence-electron chi connectivity index (χ1n) is 6.56. The Labute approximate surface area is 107 Å². The molecule has 0 unspecified atom stereocenters. The Kier molecular flexibility index (Phi) is 3.43. The van der Waals surface area contributed by atoms with E-state index in [1.54, 1.807) is 0 Å². The lowest BCUT2D eigenvalue weighted by Gasteiger charge is -2.36. The van der Waals surface area contributed by atoms with Gasteiger partial charge in [-0.25, -0.2) is 5.84 Å². The average molecular weight is 250 g/mol. The first-order valence-corrected chi connectivity index (χ1v) is 6.56. The highest BCUT2D eigenvalue weighted by Gasteiger charge is 2.34. The predicted molar refractivity (Wildman–Crippen MR) is 69.8 cm³/mol. The molecular weight excluding hydrogens is 228 g/mol. The third-order valence-electron chi connectivity index (χ3n) is 4.51. The van der Waals surface area contributed by atoms with Crippen LogP contribution in [0.4, 0.5) is 0 Å². The van der Waals surface area contributed by atoms with E-state index in [1.807, 2.05) is 0 Å². The number of carbonyl (C=O) groups is 1. The molecule has 18 heavy (non-hydrogen) atoms. The molecule has 100 valence electrons. The standard InChI is InChI=1S/C13H22N4O/c1-4-13(2,3)8-5-6-10-9(7-8)11(17-16-10)12(18)15-14/h8H,4-7,14H2,1-3H3,(H,15,18)(H,16,17)/t8-/m0/s1. The lowest BCUT2D eigenvalue weighted by molar-refractivity contribution is 0.0946. The van der Waals surface area contributed by atoms with Crippen LogP contribution in [0.3, 0.4) is 0 Å². The van der Waals surface area contributed by atoms with E-state index < -0.39 is 0 Å². The molecule has 1 aromatic heterocycles. The lowest BCUT2D eigenvalue weighted by atomic mass is 9.69. The van der Waals surface area contributed by atoms with E-state index in [-0.39, 0.29) is 5.91 Å². The van der Waals surface area contributed by atoms with Crippen molar-refractivity contribution < 1.29 is 4.79 Å². The number of rotatable bonds is 3. The van der Waals surface area contributed by atoms with Gasteiger partial charge in [0.05, 0.1) is 0 Å². The van der Waals surface area contributed by atoms with Crippen LogP contribution in [0.5, 0.6) is 0 Å². The molecule has 0 fully saturated rings. The first kappa shape index (κ1) is 13.1. The molecule has 0 radical (unpaired) electrons. The number of H-pyrrole nitrogens is 1. The van der Waals surface area contributed by atoms with E-state index in [0.717, 1.165) is 36.9 Å². The number of fused-ring (bicyclic) bond motifs is 1. The van der Waals surface area contributed by atoms with Gasteiger partial charge in [0.1, 0.15) is 0 Å². The number of amides is 1. The number of hydrogen-bond donors (Lipinski definition) is 3. The van der Waals surface area contributed by atoms with Gasteiger partial charge in [-0.15, -0.1) is 0 Å². The van der Waals surface area contributed by atoms with Crippen molar-refractivity contribution in [1.29, 1.82) is 0 Å². The maximum absolute atomic E-state index is 11.7. The van der Waals surface area contributed by atoms with E-state index in [1.165, 1.54) is 0 Å². The summed E-state index contributed by atoms with van der Waals surface area (Å²) < 4.78 is 0. The smallest absolute Gasteiger partial charge is 0.285 e. The van der Waals surface area contributed by atoms with Crippen molar-refractivity contribution in [2.75, 3.05) is 0 Å². The quantitative estimate of drug-likeness (QED) is 0.432. The summed E-state index contributed by atoms with van der Waals surface area (Å²) in [5.41, 5.74) is 5.07. The van der Waals surface area contributed by atoms with E-state index in [9.17, 15) is 4.79 Å². The number of hydrazine groups is 1. The van der Waals surface area contributed by atoms with Crippen LogP contribution >= 0.6 is 0 Å². The number of aryl methyl sites for hydroxylation is 1. The van der Waals surface area contributed by atoms with Crippen LogP contribution in [-0.4, -0.2) is 16.1 Å². The maximum Gasteiger partial charge on any atom is 0.285 e. The Morgan fingerprint density at radius 3 is 2.94 bits per heavy atom. The Hall–Kier alpha value is -1.36. The zero-order valence-corrected chi connectivity index (χ0v) is 11.3. The molecule has 0 aromatic carbocycles. The Morgan fingerprint density at radius 1 is 1.61 bits per heavy atom. The maximum atomic E-state index is 11.7. The lowest BCUT2D eigenvalue weighted by Crippen LogP contribution is -2.33. The van der Waals surface area contributed by atoms with E-state index >= 15 is 0 Å². The summed E-state index contributed by atoms with van der Waals surface area (Å²) in [5, 5.41) is 7.06. The van der Waals surface area contributed by atoms with Gasteiger partial charge in [0.25, 0.3) is 5.91 Å². The van der Waals surface area contributed by atoms with Gasteiger partial charge in [-0.2, -0.15) is 5.10 Å². The van der Waals surface area contributed by atoms with Gasteiger partial charge in [0.2, 0.25) is 0 Å². The largest absolute Gasteiger partial charge is 0.289 e. The molecule has 0 saturated heterocycles. The van der Waals surface area contributed by atoms with Gasteiger partial charge < -0.3 is 0 Å². The van der Waals surface area contributed by atoms with Gasteiger partial charge in [-0.05, 0) is 30.6 Å². The number of nitrogens with zero attached hydrogens (tertiary/aromatic N) is 1. The minimum absolute atomic E-state index is 0.297. The highest BCUT2D eigenvalue weighted by Crippen LogP contribution is 2.39. The SMILES string of the molecule is CCC(C)(C)[C@H]1CCc2[nH]nc(C(=O)NN)c2C1. The van der Waals surface area contributed by atoms with E-state index in [0.29, 0.717) is 17.0 Å². The van der Waals surface area contributed by atoms with Crippen LogP contribution in [0.2, 0.25) is 0 Å². The molecule has 0 saturated carbocycles. The third-order valence-corrected chi connectivity index (χ3v) is 4.51. The summed E-state index contributed by atoms with van der Waals surface area (Å²) in [7, 11) is 0. The van der Waals surface area contributed by atoms with Gasteiger partial charge in [0.15, 0.2) is 5.69 Å². The van der Waals surface area contributed by atoms with E-state index in [2.05, 4.69) is 36.4 Å². The fourth-order valence-corrected chi connectivity index (χ4v) is 2.71. The number of nitrogen functional groups attached to an aromatic ring is 1. The minimum atomic E-state index is -0.303. The van der Waals surface area contributed by atoms with Crippen LogP contribution in [0.15, 0.2) is 0 Å². The molecule has 2 rings (SSSR count). The van der Waals surface area contributed by atoms with Crippen molar-refractivity contribution in [3.05, 3.63) is 17.0 Å². The summed E-state index contributed by atoms with van der Waals surface area (Å²) in [6, 6.07) is 0. The highest BCUT2D eigenvalue weighted by atomic mass is 16.2. The summed E-state index contributed by atoms with van der Waals surface area (Å²) >= 11 is 0. The molecule has 1 aromatic rings. The molecular formula is C13H22N4O. The number of nitrogens with two attached hydrogens (primary N) is 1. The molecule has 1 amide bonds. The van der Waals surface area contributed by atoms with Crippen molar-refractivity contribution in [2.45, 2.75) is 46.5 Å². The molecule has 1 aliphatic rings. The van der Waals surface area contributed by atoms with Crippen LogP contribution in [-0.2, 0) is 12.8 Å². The van der Waals surface area contributed by atoms with Gasteiger partial charge in [-0.1, -0.05) is 27.2 Å². The molecule has 1 aliphatic carbocycles. The molecule has 5 nitrogen and oxygen atoms in total. The predicted octanol–water partition coefficient (Wildman–Crippen LogP) is 1.55. The van der Waals surface area contributed by atoms with Crippen LogP contribution in [0.25, 0.3) is 0 Å². The highest BCUT2D eigenvalue weighted by molar-refractivity contribution is 5.93. The van der Waals surface area contributed by atoms with Crippen LogP contribution in [0, 0.1) is 11.3 Å². The molecule has 1 heterocycles. The molecule has 0 aliphatic heterocycles. The van der Waals surface area contributed by atoms with Gasteiger partial charge >= 0.3 is 0 Å². The second kappa shape index (κ2) is 4.72. The van der Waals surface area contributed by atoms with Crippen molar-refractivity contribution >= 4 is 5.91 Å². The Bertz CT molecular complexity index is 450. The van der Waals surface area contributed by atoms with Gasteiger partial charge in [-0.3, -0.25) is 15.3 Å². The van der Waals surface area contributed by atoms with Crippen LogP contribution < -0.4 is 11.3 Å². The van der Waals surface area contributed by atoms with Crippen molar-refractivity contribution in [3.63, 3.8) is 0 Å². The number of hydrogen-bond acceptors (Lipinski definition) is 3. The first-order chi connectivity index (χ1) is 8.49. The summed E-state index contributed by atoms with van der Waals surface area (Å²) in [5.74, 6) is 5.48. The second-order valence-corrected chi connectivity index (χ2v) is 5.78. The van der Waals surface area contributed by atoms with Crippen molar-refractivity contribution in [3.8, 4) is 0 Å². The number of carbonyl (C=O) groups excluding carboxylic acids is 1. The fraction of sp³-hybridized carbons (Fsp3) is 0.692. The molecule has 1 atom stereocenters. The molecule has 4 N–H and O–H groups in total. The zero-order chi connectivity index (χ0) is 13.3. The molecule has 0 bridgehead atoms. The monoisotopic (exact) mass is 250 g/mol. The summed E-state index contributed by atoms with van der Waals surface area (Å²) in [6.07, 6.45) is 4.17. The number of aromatic amines is 1. The summed E-state index contributed by atoms with van der Waals surface area (Å²) in [4.78, 5) is 11.7. The average Bonchev–Trinajstić information content (AvgIpc) is 2.80. The van der Waals surface area contributed by atoms with Crippen molar-refractivity contribution in [2.24, 2.45) is 17.2 Å². The Morgan fingerprint density at radius 2 is 2.33 bits per heavy atom. The topological polar surface area (TPSA) is 83.8 Å². The normalized spacial score (nSPS) is 19.4. The third kappa shape index (κ3) is 2.14. The van der Waals surface area contributed by atoms with Crippen LogP contribution in [0.1, 0.15) is 55.4 Å².